The van der Waals surface area contributed by atoms with Gasteiger partial charge in [-0.3, -0.25) is 9.62 Å². The molecule has 13 heteroatoms. The summed E-state index contributed by atoms with van der Waals surface area (Å²) in [6.07, 6.45) is -3.27. The molecular formula is C24H22F5N3O4S. The Hall–Kier alpha value is -3.19. The van der Waals surface area contributed by atoms with Crippen LogP contribution in [-0.2, 0) is 10.0 Å². The summed E-state index contributed by atoms with van der Waals surface area (Å²) in [5, 5.41) is 3.45. The van der Waals surface area contributed by atoms with Crippen LogP contribution in [0.25, 0.3) is 0 Å². The van der Waals surface area contributed by atoms with Gasteiger partial charge in [-0.2, -0.15) is 13.2 Å². The third-order valence-electron chi connectivity index (χ3n) is 6.80. The van der Waals surface area contributed by atoms with Crippen LogP contribution >= 0.6 is 0 Å². The van der Waals surface area contributed by atoms with Crippen molar-refractivity contribution in [3.8, 4) is 5.75 Å². The summed E-state index contributed by atoms with van der Waals surface area (Å²) in [4.78, 5) is 1.18. The zero-order valence-electron chi connectivity index (χ0n) is 19.2. The van der Waals surface area contributed by atoms with Crippen molar-refractivity contribution >= 4 is 15.8 Å². The van der Waals surface area contributed by atoms with Crippen molar-refractivity contribution < 1.29 is 39.6 Å². The molecule has 7 nitrogen and oxygen atoms in total. The summed E-state index contributed by atoms with van der Waals surface area (Å²) in [6.45, 7) is 0.209. The Balaban J connectivity index is 1.50. The van der Waals surface area contributed by atoms with Crippen LogP contribution in [0.5, 0.6) is 5.75 Å². The Kier molecular flexibility index (Phi) is 6.61. The molecule has 2 aliphatic heterocycles. The summed E-state index contributed by atoms with van der Waals surface area (Å²) in [5.41, 5.74) is 0.849. The summed E-state index contributed by atoms with van der Waals surface area (Å²) in [6, 6.07) is 7.42. The fourth-order valence-corrected chi connectivity index (χ4v) is 6.11. The van der Waals surface area contributed by atoms with Crippen molar-refractivity contribution in [1.82, 2.24) is 10.1 Å². The molecule has 37 heavy (non-hydrogen) atoms. The monoisotopic (exact) mass is 543 g/mol. The predicted octanol–water partition coefficient (Wildman–Crippen LogP) is 5.59. The van der Waals surface area contributed by atoms with E-state index in [1.165, 1.54) is 30.3 Å². The fraction of sp³-hybridized carbons (Fsp3) is 0.375. The van der Waals surface area contributed by atoms with Crippen LogP contribution in [0.15, 0.2) is 58.1 Å². The molecule has 3 aromatic rings. The van der Waals surface area contributed by atoms with Crippen molar-refractivity contribution in [1.29, 1.82) is 0 Å². The normalized spacial score (nSPS) is 22.8. The predicted molar refractivity (Wildman–Crippen MR) is 121 cm³/mol. The van der Waals surface area contributed by atoms with E-state index in [4.69, 9.17) is 4.74 Å². The maximum atomic E-state index is 15.2. The molecule has 1 N–H and O–H groups in total. The molecule has 2 aliphatic rings. The number of anilines is 1. The number of aromatic nitrogens is 1. The number of likely N-dealkylation sites (tertiary alicyclic amines) is 1. The lowest BCUT2D eigenvalue weighted by atomic mass is 9.84. The highest BCUT2D eigenvalue weighted by atomic mass is 32.2. The largest absolute Gasteiger partial charge is 0.493 e. The number of hydrogen-bond donors (Lipinski definition) is 1. The number of benzene rings is 2. The van der Waals surface area contributed by atoms with Gasteiger partial charge in [0, 0.05) is 36.2 Å². The number of nitrogens with zero attached hydrogens (tertiary/aromatic N) is 2. The van der Waals surface area contributed by atoms with Gasteiger partial charge >= 0.3 is 6.18 Å². The molecule has 0 radical (unpaired) electrons. The highest BCUT2D eigenvalue weighted by Gasteiger charge is 2.46. The number of fused-ring (bicyclic) bond motifs is 1. The summed E-state index contributed by atoms with van der Waals surface area (Å²) >= 11 is 0. The SMILES string of the molecule is O=S(=O)(Nc1ccon1)c1cc2c(cc1F)[C@@H](N1CC[C@H](C(F)(F)F)C[C@@H]1c1ccc(F)cc1)CCO2. The number of sulfonamides is 1. The highest BCUT2D eigenvalue weighted by Crippen LogP contribution is 2.48. The van der Waals surface area contributed by atoms with Gasteiger partial charge in [-0.25, -0.2) is 17.2 Å². The maximum absolute atomic E-state index is 15.2. The molecule has 0 amide bonds. The zero-order valence-corrected chi connectivity index (χ0v) is 20.0. The Morgan fingerprint density at radius 2 is 1.78 bits per heavy atom. The molecule has 3 atom stereocenters. The second-order valence-electron chi connectivity index (χ2n) is 9.03. The molecule has 1 aromatic heterocycles. The molecule has 1 fully saturated rings. The Morgan fingerprint density at radius 1 is 1.03 bits per heavy atom. The van der Waals surface area contributed by atoms with Gasteiger partial charge in [0.2, 0.25) is 0 Å². The molecule has 3 heterocycles. The lowest BCUT2D eigenvalue weighted by Crippen LogP contribution is -2.44. The molecule has 1 saturated heterocycles. The lowest BCUT2D eigenvalue weighted by Gasteiger charge is -2.46. The van der Waals surface area contributed by atoms with Gasteiger partial charge in [-0.1, -0.05) is 17.3 Å². The van der Waals surface area contributed by atoms with Gasteiger partial charge < -0.3 is 9.26 Å². The minimum absolute atomic E-state index is 0.0612. The van der Waals surface area contributed by atoms with Crippen LogP contribution < -0.4 is 9.46 Å². The number of alkyl halides is 3. The number of halogens is 5. The minimum atomic E-state index is -4.38. The van der Waals surface area contributed by atoms with Crippen LogP contribution in [0.1, 0.15) is 42.5 Å². The maximum Gasteiger partial charge on any atom is 0.391 e. The number of ether oxygens (including phenoxy) is 1. The van der Waals surface area contributed by atoms with Crippen LogP contribution in [-0.4, -0.2) is 37.8 Å². The number of piperidine rings is 1. The summed E-state index contributed by atoms with van der Waals surface area (Å²) in [7, 11) is -4.37. The van der Waals surface area contributed by atoms with Crippen LogP contribution in [0, 0.1) is 17.6 Å². The van der Waals surface area contributed by atoms with E-state index >= 15 is 4.39 Å². The molecule has 0 bridgehead atoms. The second-order valence-corrected chi connectivity index (χ2v) is 10.7. The van der Waals surface area contributed by atoms with Gasteiger partial charge in [0.1, 0.15) is 28.5 Å². The van der Waals surface area contributed by atoms with E-state index < -0.39 is 50.7 Å². The van der Waals surface area contributed by atoms with Crippen molar-refractivity contribution in [2.45, 2.75) is 42.4 Å². The first-order valence-electron chi connectivity index (χ1n) is 11.5. The van der Waals surface area contributed by atoms with Gasteiger partial charge in [0.05, 0.1) is 12.5 Å². The fourth-order valence-electron chi connectivity index (χ4n) is 5.05. The van der Waals surface area contributed by atoms with E-state index in [2.05, 4.69) is 14.4 Å². The average Bonchev–Trinajstić information content (AvgIpc) is 3.35. The van der Waals surface area contributed by atoms with Gasteiger partial charge in [0.25, 0.3) is 10.0 Å². The van der Waals surface area contributed by atoms with Crippen molar-refractivity contribution in [2.75, 3.05) is 17.9 Å². The van der Waals surface area contributed by atoms with Crippen LogP contribution in [0.3, 0.4) is 0 Å². The molecule has 0 spiro atoms. The third kappa shape index (κ3) is 5.14. The minimum Gasteiger partial charge on any atom is -0.493 e. The molecule has 0 saturated carbocycles. The van der Waals surface area contributed by atoms with Gasteiger partial charge in [-0.05, 0) is 43.1 Å². The zero-order chi connectivity index (χ0) is 26.4. The average molecular weight is 544 g/mol. The smallest absolute Gasteiger partial charge is 0.391 e. The van der Waals surface area contributed by atoms with Crippen LogP contribution in [0.4, 0.5) is 27.8 Å². The molecule has 5 rings (SSSR count). The van der Waals surface area contributed by atoms with Gasteiger partial charge in [0.15, 0.2) is 5.82 Å². The standard InChI is InChI=1S/C24H22F5N3O4S/c25-16-3-1-14(2-4-16)20-11-15(24(27,28)29)5-8-32(20)19-6-9-35-21-13-22(18(26)12-17(19)21)37(33,34)31-23-7-10-36-30-23/h1-4,7,10,12-13,15,19-20H,5-6,8-9,11H2,(H,30,31)/t15-,19-,20+/m0/s1. The first-order valence-corrected chi connectivity index (χ1v) is 13.0. The quantitative estimate of drug-likeness (QED) is 0.423. The van der Waals surface area contributed by atoms with Crippen molar-refractivity contribution in [3.63, 3.8) is 0 Å². The lowest BCUT2D eigenvalue weighted by molar-refractivity contribution is -0.192. The molecule has 198 valence electrons. The van der Waals surface area contributed by atoms with Crippen molar-refractivity contribution in [2.24, 2.45) is 5.92 Å². The van der Waals surface area contributed by atoms with E-state index in [-0.39, 0.29) is 37.6 Å². The topological polar surface area (TPSA) is 84.7 Å². The third-order valence-corrected chi connectivity index (χ3v) is 8.17. The number of rotatable bonds is 5. The first-order chi connectivity index (χ1) is 17.5. The highest BCUT2D eigenvalue weighted by molar-refractivity contribution is 7.92. The number of hydrogen-bond acceptors (Lipinski definition) is 6. The molecule has 2 aromatic carbocycles. The van der Waals surface area contributed by atoms with Crippen molar-refractivity contribution in [3.05, 3.63) is 71.5 Å². The summed E-state index contributed by atoms with van der Waals surface area (Å²) in [5.74, 6) is -3.11. The van der Waals surface area contributed by atoms with Gasteiger partial charge in [-0.15, -0.1) is 0 Å². The molecule has 0 aliphatic carbocycles. The van der Waals surface area contributed by atoms with E-state index in [9.17, 15) is 26.0 Å². The molecular weight excluding hydrogens is 521 g/mol. The Labute approximate surface area is 209 Å². The van der Waals surface area contributed by atoms with Crippen LogP contribution in [0.2, 0.25) is 0 Å². The van der Waals surface area contributed by atoms with E-state index in [1.54, 1.807) is 0 Å². The first kappa shape index (κ1) is 25.5. The Bertz CT molecular complexity index is 1360. The number of nitrogens with one attached hydrogen (secondary N) is 1. The van der Waals surface area contributed by atoms with E-state index in [0.717, 1.165) is 18.4 Å². The second kappa shape index (κ2) is 9.60. The molecule has 0 unspecified atom stereocenters. The summed E-state index contributed by atoms with van der Waals surface area (Å²) < 4.78 is 107. The van der Waals surface area contributed by atoms with E-state index in [0.29, 0.717) is 17.5 Å². The Morgan fingerprint density at radius 3 is 2.46 bits per heavy atom. The van der Waals surface area contributed by atoms with E-state index in [1.807, 2.05) is 4.90 Å².